The van der Waals surface area contributed by atoms with Gasteiger partial charge in [0.05, 0.1) is 16.9 Å². The summed E-state index contributed by atoms with van der Waals surface area (Å²) in [5.74, 6) is 0.834. The monoisotopic (exact) mass is 461 g/mol. The van der Waals surface area contributed by atoms with Crippen LogP contribution in [0.25, 0.3) is 16.7 Å². The van der Waals surface area contributed by atoms with E-state index in [1.807, 2.05) is 31.3 Å². The summed E-state index contributed by atoms with van der Waals surface area (Å²) >= 11 is 5.50. The van der Waals surface area contributed by atoms with Crippen LogP contribution in [0.15, 0.2) is 53.6 Å². The maximum atomic E-state index is 12.3. The first-order valence-corrected chi connectivity index (χ1v) is 11.6. The average molecular weight is 462 g/mol. The fourth-order valence-electron chi connectivity index (χ4n) is 4.50. The van der Waals surface area contributed by atoms with Crippen molar-refractivity contribution in [3.8, 4) is 5.82 Å². The predicted molar refractivity (Wildman–Crippen MR) is 133 cm³/mol. The summed E-state index contributed by atoms with van der Waals surface area (Å²) in [4.78, 5) is 24.8. The molecule has 9 heteroatoms. The number of pyridine rings is 1. The van der Waals surface area contributed by atoms with Gasteiger partial charge in [-0.2, -0.15) is 5.10 Å². The molecule has 0 amide bonds. The Morgan fingerprint density at radius 1 is 1.12 bits per heavy atom. The normalized spacial score (nSPS) is 14.8. The number of rotatable bonds is 5. The number of nitrogens with one attached hydrogen (secondary N) is 1. The summed E-state index contributed by atoms with van der Waals surface area (Å²) in [6, 6.07) is 12.3. The van der Waals surface area contributed by atoms with E-state index in [-0.39, 0.29) is 5.69 Å². The summed E-state index contributed by atoms with van der Waals surface area (Å²) < 4.78 is 3.97. The summed E-state index contributed by atoms with van der Waals surface area (Å²) in [6.45, 7) is 9.21. The van der Waals surface area contributed by atoms with Crippen LogP contribution in [0.2, 0.25) is 0 Å². The topological polar surface area (TPSA) is 75.0 Å². The Bertz CT molecular complexity index is 1400. The highest BCUT2D eigenvalue weighted by Crippen LogP contribution is 2.22. The third-order valence-corrected chi connectivity index (χ3v) is 6.70. The molecule has 0 saturated carbocycles. The second kappa shape index (κ2) is 8.92. The van der Waals surface area contributed by atoms with Gasteiger partial charge in [0.15, 0.2) is 5.82 Å². The highest BCUT2D eigenvalue weighted by molar-refractivity contribution is 7.71. The lowest BCUT2D eigenvalue weighted by atomic mass is 10.1. The molecule has 5 rings (SSSR count). The van der Waals surface area contributed by atoms with Gasteiger partial charge in [-0.1, -0.05) is 18.3 Å². The fraction of sp³-hybridized carbons (Fsp3) is 0.333. The van der Waals surface area contributed by atoms with Gasteiger partial charge in [0, 0.05) is 57.0 Å². The van der Waals surface area contributed by atoms with E-state index in [2.05, 4.69) is 45.0 Å². The van der Waals surface area contributed by atoms with Gasteiger partial charge in [-0.3, -0.25) is 9.47 Å². The standard InChI is InChI=1S/C24H27N7OS/c1-3-30-23(33)19-6-5-18(15-20(19)27-24(30)32)16-28-11-13-29(14-12-28)21-7-8-22(26-17(21)2)31-10-4-9-25-31/h4-10,15H,3,11-14,16H2,1-2H3,(H,27,32). The fourth-order valence-corrected chi connectivity index (χ4v) is 4.89. The first-order chi connectivity index (χ1) is 16.0. The molecule has 0 unspecified atom stereocenters. The second-order valence-electron chi connectivity index (χ2n) is 8.35. The van der Waals surface area contributed by atoms with Gasteiger partial charge in [0.2, 0.25) is 0 Å². The van der Waals surface area contributed by atoms with Crippen LogP contribution in [-0.2, 0) is 13.1 Å². The van der Waals surface area contributed by atoms with Crippen LogP contribution in [0, 0.1) is 11.6 Å². The molecule has 8 nitrogen and oxygen atoms in total. The van der Waals surface area contributed by atoms with Gasteiger partial charge >= 0.3 is 5.69 Å². The van der Waals surface area contributed by atoms with Crippen molar-refractivity contribution < 1.29 is 0 Å². The van der Waals surface area contributed by atoms with Crippen molar-refractivity contribution in [3.63, 3.8) is 0 Å². The number of aryl methyl sites for hydroxylation is 1. The van der Waals surface area contributed by atoms with E-state index in [0.29, 0.717) is 11.2 Å². The van der Waals surface area contributed by atoms with Crippen LogP contribution in [0.1, 0.15) is 18.2 Å². The lowest BCUT2D eigenvalue weighted by Crippen LogP contribution is -2.46. The molecule has 1 aliphatic rings. The molecule has 3 aromatic heterocycles. The van der Waals surface area contributed by atoms with Crippen LogP contribution in [0.3, 0.4) is 0 Å². The molecule has 1 aliphatic heterocycles. The van der Waals surface area contributed by atoms with Gasteiger partial charge in [0.1, 0.15) is 4.64 Å². The maximum absolute atomic E-state index is 12.3. The first kappa shape index (κ1) is 21.5. The first-order valence-electron chi connectivity index (χ1n) is 11.2. The Hall–Kier alpha value is -3.30. The van der Waals surface area contributed by atoms with E-state index >= 15 is 0 Å². The summed E-state index contributed by atoms with van der Waals surface area (Å²) in [5.41, 5.74) is 4.03. The largest absolute Gasteiger partial charge is 0.368 e. The number of anilines is 1. The van der Waals surface area contributed by atoms with Crippen LogP contribution in [-0.4, -0.2) is 55.4 Å². The zero-order valence-electron chi connectivity index (χ0n) is 18.9. The average Bonchev–Trinajstić information content (AvgIpc) is 3.35. The Morgan fingerprint density at radius 2 is 1.94 bits per heavy atom. The molecule has 1 fully saturated rings. The van der Waals surface area contributed by atoms with Crippen molar-refractivity contribution in [2.45, 2.75) is 26.9 Å². The maximum Gasteiger partial charge on any atom is 0.326 e. The van der Waals surface area contributed by atoms with Crippen molar-refractivity contribution in [3.05, 3.63) is 75.2 Å². The molecule has 1 N–H and O–H groups in total. The number of piperazine rings is 1. The molecule has 1 saturated heterocycles. The molecule has 0 radical (unpaired) electrons. The molecule has 0 spiro atoms. The number of benzene rings is 1. The molecule has 33 heavy (non-hydrogen) atoms. The van der Waals surface area contributed by atoms with Crippen LogP contribution in [0.5, 0.6) is 0 Å². The number of aromatic nitrogens is 5. The van der Waals surface area contributed by atoms with Crippen LogP contribution in [0.4, 0.5) is 5.69 Å². The molecule has 4 aromatic rings. The van der Waals surface area contributed by atoms with Crippen molar-refractivity contribution >= 4 is 28.8 Å². The van der Waals surface area contributed by atoms with Crippen LogP contribution >= 0.6 is 12.2 Å². The number of hydrogen-bond acceptors (Lipinski definition) is 6. The zero-order chi connectivity index (χ0) is 22.9. The van der Waals surface area contributed by atoms with E-state index in [4.69, 9.17) is 17.2 Å². The molecule has 4 heterocycles. The van der Waals surface area contributed by atoms with Gasteiger partial charge in [-0.25, -0.2) is 14.5 Å². The SMILES string of the molecule is CCn1c(=O)[nH]c2cc(CN3CCN(c4ccc(-n5cccn5)nc4C)CC3)ccc2c1=S. The van der Waals surface area contributed by atoms with Crippen molar-refractivity contribution in [1.29, 1.82) is 0 Å². The molecule has 0 bridgehead atoms. The number of fused-ring (bicyclic) bond motifs is 1. The highest BCUT2D eigenvalue weighted by atomic mass is 32.1. The molecular formula is C24H27N7OS. The lowest BCUT2D eigenvalue weighted by molar-refractivity contribution is 0.250. The van der Waals surface area contributed by atoms with Gasteiger partial charge < -0.3 is 9.88 Å². The van der Waals surface area contributed by atoms with E-state index in [1.54, 1.807) is 15.4 Å². The lowest BCUT2D eigenvalue weighted by Gasteiger charge is -2.36. The van der Waals surface area contributed by atoms with Crippen molar-refractivity contribution in [1.82, 2.24) is 29.2 Å². The third kappa shape index (κ3) is 4.21. The minimum Gasteiger partial charge on any atom is -0.368 e. The smallest absolute Gasteiger partial charge is 0.326 e. The summed E-state index contributed by atoms with van der Waals surface area (Å²) in [5, 5.41) is 5.18. The van der Waals surface area contributed by atoms with Crippen LogP contribution < -0.4 is 10.6 Å². The number of aromatic amines is 1. The van der Waals surface area contributed by atoms with Crippen molar-refractivity contribution in [2.75, 3.05) is 31.1 Å². The van der Waals surface area contributed by atoms with Gasteiger partial charge in [-0.15, -0.1) is 0 Å². The zero-order valence-corrected chi connectivity index (χ0v) is 19.7. The van der Waals surface area contributed by atoms with Crippen molar-refractivity contribution in [2.24, 2.45) is 0 Å². The Kier molecular flexibility index (Phi) is 5.82. The molecular weight excluding hydrogens is 434 g/mol. The van der Waals surface area contributed by atoms with E-state index < -0.39 is 0 Å². The predicted octanol–water partition coefficient (Wildman–Crippen LogP) is 3.29. The summed E-state index contributed by atoms with van der Waals surface area (Å²) in [7, 11) is 0. The van der Waals surface area contributed by atoms with E-state index in [0.717, 1.165) is 55.1 Å². The number of hydrogen-bond donors (Lipinski definition) is 1. The molecule has 1 aromatic carbocycles. The highest BCUT2D eigenvalue weighted by Gasteiger charge is 2.19. The molecule has 0 aliphatic carbocycles. The molecule has 0 atom stereocenters. The molecule has 170 valence electrons. The van der Waals surface area contributed by atoms with Gasteiger partial charge in [0.25, 0.3) is 0 Å². The minimum atomic E-state index is -0.150. The second-order valence-corrected chi connectivity index (χ2v) is 8.73. The van der Waals surface area contributed by atoms with E-state index in [1.165, 1.54) is 11.3 Å². The minimum absolute atomic E-state index is 0.150. The summed E-state index contributed by atoms with van der Waals surface area (Å²) in [6.07, 6.45) is 3.66. The number of H-pyrrole nitrogens is 1. The third-order valence-electron chi connectivity index (χ3n) is 6.26. The van der Waals surface area contributed by atoms with E-state index in [9.17, 15) is 4.79 Å². The van der Waals surface area contributed by atoms with Gasteiger partial charge in [-0.05, 0) is 49.7 Å². The Balaban J connectivity index is 1.27. The number of nitrogens with zero attached hydrogens (tertiary/aromatic N) is 6. The Labute approximate surface area is 197 Å². The Morgan fingerprint density at radius 3 is 2.64 bits per heavy atom. The quantitative estimate of drug-likeness (QED) is 0.460.